The average molecular weight is 671 g/mol. The first-order chi connectivity index (χ1) is 23.3. The van der Waals surface area contributed by atoms with Crippen LogP contribution in [0.25, 0.3) is 22.4 Å². The molecule has 0 bridgehead atoms. The van der Waals surface area contributed by atoms with E-state index in [0.29, 0.717) is 54.1 Å². The predicted molar refractivity (Wildman–Crippen MR) is 189 cm³/mol. The van der Waals surface area contributed by atoms with Gasteiger partial charge in [0.2, 0.25) is 0 Å². The number of nitrogens with one attached hydrogen (secondary N) is 1. The van der Waals surface area contributed by atoms with Crippen LogP contribution in [0, 0.1) is 11.7 Å². The molecule has 1 fully saturated rings. The molecule has 1 amide bonds. The van der Waals surface area contributed by atoms with Crippen molar-refractivity contribution < 1.29 is 33.3 Å². The summed E-state index contributed by atoms with van der Waals surface area (Å²) in [5.41, 5.74) is 4.32. The number of amides is 1. The van der Waals surface area contributed by atoms with Crippen LogP contribution in [-0.2, 0) is 25.5 Å². The smallest absolute Gasteiger partial charge is 0.308 e. The number of halogens is 1. The van der Waals surface area contributed by atoms with Crippen LogP contribution < -0.4 is 5.32 Å². The Morgan fingerprint density at radius 3 is 2.27 bits per heavy atom. The fourth-order valence-electron chi connectivity index (χ4n) is 6.58. The second-order valence-electron chi connectivity index (χ2n) is 13.8. The zero-order valence-corrected chi connectivity index (χ0v) is 29.2. The van der Waals surface area contributed by atoms with Crippen molar-refractivity contribution in [2.75, 3.05) is 11.9 Å². The summed E-state index contributed by atoms with van der Waals surface area (Å²) < 4.78 is 34.4. The van der Waals surface area contributed by atoms with Gasteiger partial charge in [0, 0.05) is 41.5 Å². The molecule has 0 spiro atoms. The number of anilines is 1. The predicted octanol–water partition coefficient (Wildman–Crippen LogP) is 8.93. The van der Waals surface area contributed by atoms with Gasteiger partial charge in [-0.1, -0.05) is 76.2 Å². The number of ether oxygens (including phenoxy) is 3. The number of para-hydroxylation sites is 1. The van der Waals surface area contributed by atoms with E-state index in [2.05, 4.69) is 9.88 Å². The Balaban J connectivity index is 1.60. The van der Waals surface area contributed by atoms with Crippen molar-refractivity contribution in [2.45, 2.75) is 91.3 Å². The minimum atomic E-state index is -0.933. The van der Waals surface area contributed by atoms with Gasteiger partial charge >= 0.3 is 5.97 Å². The highest BCUT2D eigenvalue weighted by Gasteiger charge is 2.38. The first-order valence-electron chi connectivity index (χ1n) is 17.0. The number of rotatable bonds is 12. The SMILES string of the molecule is CC(C)COC(=O)C[C@H]1C[C@@H](CCn2c(-c3ccc(F)cc3O)c(-c3ccccc3)c(C(=O)Nc3ccccc3)c2C(C)C)OC(C)(C)O1. The summed E-state index contributed by atoms with van der Waals surface area (Å²) in [6, 6.07) is 22.8. The summed E-state index contributed by atoms with van der Waals surface area (Å²) >= 11 is 0. The molecule has 2 atom stereocenters. The Labute approximate surface area is 288 Å². The molecule has 5 rings (SSSR count). The molecule has 2 N–H and O–H groups in total. The first-order valence-corrected chi connectivity index (χ1v) is 17.0. The number of phenols is 1. The molecule has 3 aromatic carbocycles. The molecule has 9 heteroatoms. The minimum absolute atomic E-state index is 0.118. The topological polar surface area (TPSA) is 99.0 Å². The molecule has 0 unspecified atom stereocenters. The highest BCUT2D eigenvalue weighted by molar-refractivity contribution is 6.12. The van der Waals surface area contributed by atoms with Gasteiger partial charge in [0.15, 0.2) is 5.79 Å². The van der Waals surface area contributed by atoms with Crippen LogP contribution in [0.2, 0.25) is 0 Å². The number of nitrogens with zero attached hydrogens (tertiary/aromatic N) is 1. The largest absolute Gasteiger partial charge is 0.507 e. The molecule has 0 saturated carbocycles. The quantitative estimate of drug-likeness (QED) is 0.146. The Bertz CT molecular complexity index is 1750. The summed E-state index contributed by atoms with van der Waals surface area (Å²) in [5.74, 6) is -2.22. The van der Waals surface area contributed by atoms with Crippen LogP contribution >= 0.6 is 0 Å². The Kier molecular flexibility index (Phi) is 11.3. The summed E-state index contributed by atoms with van der Waals surface area (Å²) in [7, 11) is 0. The fourth-order valence-corrected chi connectivity index (χ4v) is 6.58. The number of carbonyl (C=O) groups is 2. The second kappa shape index (κ2) is 15.4. The summed E-state index contributed by atoms with van der Waals surface area (Å²) in [6.45, 7) is 12.5. The first kappa shape index (κ1) is 35.8. The monoisotopic (exact) mass is 670 g/mol. The molecule has 260 valence electrons. The normalized spacial score (nSPS) is 17.3. The third kappa shape index (κ3) is 8.77. The molecule has 8 nitrogen and oxygen atoms in total. The van der Waals surface area contributed by atoms with Gasteiger partial charge < -0.3 is 29.2 Å². The van der Waals surface area contributed by atoms with Crippen molar-refractivity contribution >= 4 is 17.6 Å². The van der Waals surface area contributed by atoms with E-state index in [1.807, 2.05) is 102 Å². The van der Waals surface area contributed by atoms with Crippen molar-refractivity contribution in [3.8, 4) is 28.1 Å². The third-order valence-electron chi connectivity index (χ3n) is 8.46. The van der Waals surface area contributed by atoms with E-state index >= 15 is 0 Å². The van der Waals surface area contributed by atoms with Gasteiger partial charge in [0.1, 0.15) is 11.6 Å². The third-order valence-corrected chi connectivity index (χ3v) is 8.46. The highest BCUT2D eigenvalue weighted by atomic mass is 19.1. The maximum absolute atomic E-state index is 14.4. The van der Waals surface area contributed by atoms with E-state index in [0.717, 1.165) is 17.3 Å². The lowest BCUT2D eigenvalue weighted by Gasteiger charge is -2.40. The fraction of sp³-hybridized carbons (Fsp3) is 0.400. The van der Waals surface area contributed by atoms with Crippen molar-refractivity contribution in [2.24, 2.45) is 5.92 Å². The second-order valence-corrected chi connectivity index (χ2v) is 13.8. The Morgan fingerprint density at radius 2 is 1.63 bits per heavy atom. The molecular formula is C40H47FN2O6. The molecule has 1 aliphatic rings. The average Bonchev–Trinajstić information content (AvgIpc) is 3.38. The lowest BCUT2D eigenvalue weighted by molar-refractivity contribution is -0.300. The highest BCUT2D eigenvalue weighted by Crippen LogP contribution is 2.45. The van der Waals surface area contributed by atoms with Crippen molar-refractivity contribution in [1.29, 1.82) is 0 Å². The Hall–Kier alpha value is -4.47. The van der Waals surface area contributed by atoms with E-state index in [-0.39, 0.29) is 42.0 Å². The van der Waals surface area contributed by atoms with E-state index in [1.54, 1.807) is 6.07 Å². The number of aromatic hydroxyl groups is 1. The van der Waals surface area contributed by atoms with E-state index in [1.165, 1.54) is 6.07 Å². The lowest BCUT2D eigenvalue weighted by Crippen LogP contribution is -2.45. The molecule has 0 aliphatic carbocycles. The summed E-state index contributed by atoms with van der Waals surface area (Å²) in [4.78, 5) is 27.0. The van der Waals surface area contributed by atoms with Gasteiger partial charge in [-0.15, -0.1) is 0 Å². The number of hydrogen-bond donors (Lipinski definition) is 2. The van der Waals surface area contributed by atoms with Gasteiger partial charge in [-0.05, 0) is 61.9 Å². The number of carbonyl (C=O) groups excluding carboxylic acids is 2. The van der Waals surface area contributed by atoms with Gasteiger partial charge in [-0.2, -0.15) is 0 Å². The minimum Gasteiger partial charge on any atom is -0.507 e. The molecule has 4 aromatic rings. The molecule has 0 radical (unpaired) electrons. The maximum atomic E-state index is 14.4. The standard InChI is InChI=1S/C40H47FN2O6/c1-25(2)24-47-34(45)23-31-22-30(48-40(5,6)49-31)19-20-43-37(26(3)4)36(39(46)42-29-15-11-8-12-16-29)35(27-13-9-7-10-14-27)38(43)32-18-17-28(41)21-33(32)44/h7-18,21,25-26,30-31,44H,19-20,22-24H2,1-6H3,(H,42,46)/t30-,31-/m1/s1. The molecule has 49 heavy (non-hydrogen) atoms. The van der Waals surface area contributed by atoms with Crippen LogP contribution in [0.4, 0.5) is 10.1 Å². The van der Waals surface area contributed by atoms with Gasteiger partial charge in [0.05, 0.1) is 36.5 Å². The van der Waals surface area contributed by atoms with E-state index in [4.69, 9.17) is 14.2 Å². The summed E-state index contributed by atoms with van der Waals surface area (Å²) in [6.07, 6.45) is 0.429. The van der Waals surface area contributed by atoms with Crippen LogP contribution in [0.3, 0.4) is 0 Å². The zero-order chi connectivity index (χ0) is 35.3. The van der Waals surface area contributed by atoms with Crippen molar-refractivity contribution in [1.82, 2.24) is 4.57 Å². The van der Waals surface area contributed by atoms with Gasteiger partial charge in [-0.3, -0.25) is 9.59 Å². The van der Waals surface area contributed by atoms with Crippen LogP contribution in [-0.4, -0.2) is 46.2 Å². The zero-order valence-electron chi connectivity index (χ0n) is 29.2. The molecule has 1 aromatic heterocycles. The maximum Gasteiger partial charge on any atom is 0.308 e. The molecular weight excluding hydrogens is 623 g/mol. The van der Waals surface area contributed by atoms with Crippen LogP contribution in [0.1, 0.15) is 82.8 Å². The molecule has 1 aliphatic heterocycles. The molecule has 1 saturated heterocycles. The number of phenolic OH excluding ortho intramolecular Hbond substituents is 1. The van der Waals surface area contributed by atoms with Gasteiger partial charge in [0.25, 0.3) is 5.91 Å². The molecule has 2 heterocycles. The van der Waals surface area contributed by atoms with Crippen LogP contribution in [0.5, 0.6) is 5.75 Å². The van der Waals surface area contributed by atoms with Crippen molar-refractivity contribution in [3.63, 3.8) is 0 Å². The van der Waals surface area contributed by atoms with Crippen LogP contribution in [0.15, 0.2) is 78.9 Å². The lowest BCUT2D eigenvalue weighted by atomic mass is 9.94. The number of benzene rings is 3. The Morgan fingerprint density at radius 1 is 0.980 bits per heavy atom. The number of aromatic nitrogens is 1. The van der Waals surface area contributed by atoms with Crippen molar-refractivity contribution in [3.05, 3.63) is 95.9 Å². The van der Waals surface area contributed by atoms with E-state index in [9.17, 15) is 19.1 Å². The number of hydrogen-bond acceptors (Lipinski definition) is 6. The van der Waals surface area contributed by atoms with E-state index < -0.39 is 17.7 Å². The summed E-state index contributed by atoms with van der Waals surface area (Å²) in [5, 5.41) is 14.3. The van der Waals surface area contributed by atoms with Gasteiger partial charge in [-0.25, -0.2) is 4.39 Å². The number of esters is 1.